The fraction of sp³-hybridized carbons (Fsp3) is 0.176. The van der Waals surface area contributed by atoms with Crippen LogP contribution in [0.4, 0.5) is 5.69 Å². The van der Waals surface area contributed by atoms with E-state index in [1.165, 1.54) is 24.0 Å². The maximum atomic E-state index is 12.3. The number of sulfonamides is 1. The van der Waals surface area contributed by atoms with Gasteiger partial charge in [0.1, 0.15) is 4.90 Å². The first-order valence-electron chi connectivity index (χ1n) is 7.37. The van der Waals surface area contributed by atoms with Gasteiger partial charge in [0.25, 0.3) is 0 Å². The normalized spacial score (nSPS) is 10.9. The SMILES string of the molecule is CC(=O)N(CCNS(=O)(=O)c1ccccc1Cl)c1cccc(C#N)c1. The van der Waals surface area contributed by atoms with Gasteiger partial charge in [-0.1, -0.05) is 29.8 Å². The van der Waals surface area contributed by atoms with Crippen LogP contribution in [0.15, 0.2) is 53.4 Å². The van der Waals surface area contributed by atoms with Gasteiger partial charge in [0, 0.05) is 25.7 Å². The summed E-state index contributed by atoms with van der Waals surface area (Å²) in [6.45, 7) is 1.50. The molecule has 0 fully saturated rings. The number of anilines is 1. The molecule has 0 saturated carbocycles. The van der Waals surface area contributed by atoms with Crippen LogP contribution in [0.2, 0.25) is 5.02 Å². The van der Waals surface area contributed by atoms with E-state index in [1.807, 2.05) is 6.07 Å². The maximum Gasteiger partial charge on any atom is 0.242 e. The molecule has 130 valence electrons. The molecule has 2 aromatic carbocycles. The van der Waals surface area contributed by atoms with Crippen LogP contribution >= 0.6 is 11.6 Å². The minimum Gasteiger partial charge on any atom is -0.311 e. The van der Waals surface area contributed by atoms with Crippen LogP contribution in [0, 0.1) is 11.3 Å². The second kappa shape index (κ2) is 8.12. The number of carbonyl (C=O) groups excluding carboxylic acids is 1. The van der Waals surface area contributed by atoms with Crippen molar-refractivity contribution >= 4 is 33.2 Å². The van der Waals surface area contributed by atoms with Crippen molar-refractivity contribution in [1.29, 1.82) is 5.26 Å². The Morgan fingerprint density at radius 3 is 2.60 bits per heavy atom. The van der Waals surface area contributed by atoms with Crippen molar-refractivity contribution in [1.82, 2.24) is 4.72 Å². The molecular formula is C17H16ClN3O3S. The highest BCUT2D eigenvalue weighted by Gasteiger charge is 2.18. The molecule has 0 aliphatic heterocycles. The van der Waals surface area contributed by atoms with Crippen LogP contribution in [0.25, 0.3) is 0 Å². The monoisotopic (exact) mass is 377 g/mol. The molecule has 6 nitrogen and oxygen atoms in total. The van der Waals surface area contributed by atoms with Crippen molar-refractivity contribution in [3.63, 3.8) is 0 Å². The molecule has 0 aliphatic carbocycles. The average molecular weight is 378 g/mol. The summed E-state index contributed by atoms with van der Waals surface area (Å²) in [6, 6.07) is 14.7. The molecule has 2 rings (SSSR count). The molecule has 2 aromatic rings. The van der Waals surface area contributed by atoms with Gasteiger partial charge >= 0.3 is 0 Å². The van der Waals surface area contributed by atoms with Crippen LogP contribution in [0.5, 0.6) is 0 Å². The van der Waals surface area contributed by atoms with Gasteiger partial charge in [-0.15, -0.1) is 0 Å². The predicted molar refractivity (Wildman–Crippen MR) is 95.8 cm³/mol. The Bertz CT molecular complexity index is 923. The molecule has 0 radical (unpaired) electrons. The first kappa shape index (κ1) is 18.9. The summed E-state index contributed by atoms with van der Waals surface area (Å²) >= 11 is 5.92. The van der Waals surface area contributed by atoms with E-state index < -0.39 is 10.0 Å². The fourth-order valence-electron chi connectivity index (χ4n) is 2.24. The Hall–Kier alpha value is -2.40. The van der Waals surface area contributed by atoms with Crippen LogP contribution in [0.3, 0.4) is 0 Å². The van der Waals surface area contributed by atoms with Gasteiger partial charge in [-0.05, 0) is 30.3 Å². The van der Waals surface area contributed by atoms with E-state index >= 15 is 0 Å². The van der Waals surface area contributed by atoms with E-state index in [2.05, 4.69) is 4.72 Å². The molecule has 0 aromatic heterocycles. The lowest BCUT2D eigenvalue weighted by Crippen LogP contribution is -2.37. The molecule has 1 amide bonds. The third-order valence-electron chi connectivity index (χ3n) is 3.42. The third-order valence-corrected chi connectivity index (χ3v) is 5.38. The maximum absolute atomic E-state index is 12.3. The molecular weight excluding hydrogens is 362 g/mol. The van der Waals surface area contributed by atoms with E-state index in [9.17, 15) is 13.2 Å². The number of nitrogens with one attached hydrogen (secondary N) is 1. The Morgan fingerprint density at radius 1 is 1.24 bits per heavy atom. The Morgan fingerprint density at radius 2 is 1.96 bits per heavy atom. The standard InChI is InChI=1S/C17H16ClN3O3S/c1-13(22)21(15-6-4-5-14(11-15)12-19)10-9-20-25(23,24)17-8-3-2-7-16(17)18/h2-8,11,20H,9-10H2,1H3. The molecule has 0 heterocycles. The van der Waals surface area contributed by atoms with Gasteiger partial charge in [-0.3, -0.25) is 4.79 Å². The summed E-state index contributed by atoms with van der Waals surface area (Å²) in [5, 5.41) is 9.08. The van der Waals surface area contributed by atoms with Gasteiger partial charge in [0.05, 0.1) is 16.7 Å². The second-order valence-corrected chi connectivity index (χ2v) is 7.30. The number of halogens is 1. The van der Waals surface area contributed by atoms with E-state index in [-0.39, 0.29) is 28.9 Å². The minimum absolute atomic E-state index is 0.00389. The van der Waals surface area contributed by atoms with Crippen LogP contribution in [-0.2, 0) is 14.8 Å². The van der Waals surface area contributed by atoms with Gasteiger partial charge in [-0.2, -0.15) is 5.26 Å². The molecule has 0 saturated heterocycles. The number of nitrogens with zero attached hydrogens (tertiary/aromatic N) is 2. The minimum atomic E-state index is -3.78. The van der Waals surface area contributed by atoms with Gasteiger partial charge < -0.3 is 4.90 Å². The van der Waals surface area contributed by atoms with Crippen LogP contribution in [-0.4, -0.2) is 27.4 Å². The lowest BCUT2D eigenvalue weighted by Gasteiger charge is -2.21. The molecule has 0 atom stereocenters. The summed E-state index contributed by atoms with van der Waals surface area (Å²) in [7, 11) is -3.78. The molecule has 25 heavy (non-hydrogen) atoms. The number of carbonyl (C=O) groups is 1. The summed E-state index contributed by atoms with van der Waals surface area (Å²) in [6.07, 6.45) is 0. The Labute approximate surface area is 151 Å². The van der Waals surface area contributed by atoms with Gasteiger partial charge in [0.15, 0.2) is 0 Å². The van der Waals surface area contributed by atoms with E-state index in [0.29, 0.717) is 11.3 Å². The third kappa shape index (κ3) is 4.79. The molecule has 1 N–H and O–H groups in total. The second-order valence-electron chi connectivity index (χ2n) is 5.16. The zero-order chi connectivity index (χ0) is 18.4. The largest absolute Gasteiger partial charge is 0.311 e. The van der Waals surface area contributed by atoms with Crippen molar-refractivity contribution in [2.45, 2.75) is 11.8 Å². The van der Waals surface area contributed by atoms with Crippen molar-refractivity contribution in [3.05, 3.63) is 59.1 Å². The van der Waals surface area contributed by atoms with Crippen molar-refractivity contribution in [3.8, 4) is 6.07 Å². The van der Waals surface area contributed by atoms with Crippen molar-refractivity contribution < 1.29 is 13.2 Å². The van der Waals surface area contributed by atoms with E-state index in [4.69, 9.17) is 16.9 Å². The lowest BCUT2D eigenvalue weighted by atomic mass is 10.2. The summed E-state index contributed by atoms with van der Waals surface area (Å²) in [5.74, 6) is -0.257. The highest BCUT2D eigenvalue weighted by molar-refractivity contribution is 7.89. The zero-order valence-electron chi connectivity index (χ0n) is 13.4. The molecule has 0 bridgehead atoms. The molecule has 0 unspecified atom stereocenters. The van der Waals surface area contributed by atoms with Gasteiger partial charge in [-0.25, -0.2) is 13.1 Å². The van der Waals surface area contributed by atoms with Crippen molar-refractivity contribution in [2.24, 2.45) is 0 Å². The summed E-state index contributed by atoms with van der Waals surface area (Å²) in [5.41, 5.74) is 0.948. The first-order valence-corrected chi connectivity index (χ1v) is 9.24. The number of nitriles is 1. The number of amides is 1. The van der Waals surface area contributed by atoms with E-state index in [0.717, 1.165) is 0 Å². The molecule has 8 heteroatoms. The zero-order valence-corrected chi connectivity index (χ0v) is 15.0. The number of hydrogen-bond acceptors (Lipinski definition) is 4. The number of rotatable bonds is 6. The summed E-state index contributed by atoms with van der Waals surface area (Å²) in [4.78, 5) is 13.3. The van der Waals surface area contributed by atoms with Crippen LogP contribution in [0.1, 0.15) is 12.5 Å². The number of benzene rings is 2. The average Bonchev–Trinajstić information content (AvgIpc) is 2.58. The van der Waals surface area contributed by atoms with Crippen LogP contribution < -0.4 is 9.62 Å². The van der Waals surface area contributed by atoms with E-state index in [1.54, 1.807) is 36.4 Å². The highest BCUT2D eigenvalue weighted by atomic mass is 35.5. The summed E-state index contributed by atoms with van der Waals surface area (Å²) < 4.78 is 27.0. The topological polar surface area (TPSA) is 90.3 Å². The van der Waals surface area contributed by atoms with Gasteiger partial charge in [0.2, 0.25) is 15.9 Å². The first-order chi connectivity index (χ1) is 11.8. The van der Waals surface area contributed by atoms with Crippen molar-refractivity contribution in [2.75, 3.05) is 18.0 Å². The Kier molecular flexibility index (Phi) is 6.15. The highest BCUT2D eigenvalue weighted by Crippen LogP contribution is 2.20. The lowest BCUT2D eigenvalue weighted by molar-refractivity contribution is -0.116. The molecule has 0 spiro atoms. The number of hydrogen-bond donors (Lipinski definition) is 1. The molecule has 0 aliphatic rings. The predicted octanol–water partition coefficient (Wildman–Crippen LogP) is 2.54. The quantitative estimate of drug-likeness (QED) is 0.837. The fourth-order valence-corrected chi connectivity index (χ4v) is 3.78. The Balaban J connectivity index is 2.11. The smallest absolute Gasteiger partial charge is 0.242 e.